The van der Waals surface area contributed by atoms with Crippen molar-refractivity contribution >= 4 is 17.7 Å². The summed E-state index contributed by atoms with van der Waals surface area (Å²) >= 11 is 0. The van der Waals surface area contributed by atoms with Crippen LogP contribution in [0.5, 0.6) is 5.88 Å². The number of aryl methyl sites for hydroxylation is 2. The minimum absolute atomic E-state index is 0.0769. The van der Waals surface area contributed by atoms with Gasteiger partial charge in [0.25, 0.3) is 0 Å². The normalized spacial score (nSPS) is 19.4. The van der Waals surface area contributed by atoms with Gasteiger partial charge in [0.2, 0.25) is 17.9 Å². The number of ether oxygens (including phenoxy) is 1. The number of piperidine rings is 1. The summed E-state index contributed by atoms with van der Waals surface area (Å²) < 4.78 is 50.9. The molecule has 0 bridgehead atoms. The van der Waals surface area contributed by atoms with Crippen LogP contribution in [0, 0.1) is 12.3 Å². The van der Waals surface area contributed by atoms with Gasteiger partial charge in [-0.05, 0) is 61.8 Å². The maximum absolute atomic E-state index is 14.6. The lowest BCUT2D eigenvalue weighted by Gasteiger charge is -2.39. The van der Waals surface area contributed by atoms with Gasteiger partial charge in [0.1, 0.15) is 11.9 Å². The van der Waals surface area contributed by atoms with E-state index in [2.05, 4.69) is 20.4 Å². The fraction of sp³-hybridized carbons (Fsp3) is 0.500. The first-order valence-corrected chi connectivity index (χ1v) is 13.7. The molecule has 1 spiro atoms. The Morgan fingerprint density at radius 1 is 1.24 bits per heavy atom. The molecule has 2 aliphatic heterocycles. The number of halogens is 3. The highest BCUT2D eigenvalue weighted by Crippen LogP contribution is 2.42. The molecule has 0 saturated carbocycles. The van der Waals surface area contributed by atoms with Crippen LogP contribution >= 0.6 is 0 Å². The van der Waals surface area contributed by atoms with Crippen LogP contribution in [0.15, 0.2) is 36.5 Å². The van der Waals surface area contributed by atoms with Crippen LogP contribution in [0.2, 0.25) is 0 Å². The Morgan fingerprint density at radius 3 is 2.61 bits per heavy atom. The fourth-order valence-electron chi connectivity index (χ4n) is 5.78. The van der Waals surface area contributed by atoms with Gasteiger partial charge in [-0.15, -0.1) is 0 Å². The number of hydrogen-bond donors (Lipinski definition) is 3. The quantitative estimate of drug-likeness (QED) is 0.362. The molecule has 13 heteroatoms. The Labute approximate surface area is 235 Å². The number of carboxylic acid groups (broad SMARTS) is 1. The summed E-state index contributed by atoms with van der Waals surface area (Å²) in [6.07, 6.45) is -2.13. The number of aliphatic carboxylic acids is 1. The summed E-state index contributed by atoms with van der Waals surface area (Å²) in [6, 6.07) is 7.48. The molecule has 2 fully saturated rings. The first kappa shape index (κ1) is 28.7. The number of carboxylic acids is 1. The lowest BCUT2D eigenvalue weighted by atomic mass is 9.76. The van der Waals surface area contributed by atoms with Gasteiger partial charge in [0.05, 0.1) is 11.4 Å². The number of rotatable bonds is 8. The summed E-state index contributed by atoms with van der Waals surface area (Å²) in [4.78, 5) is 21.6. The van der Waals surface area contributed by atoms with Crippen molar-refractivity contribution in [3.8, 4) is 11.6 Å². The molecule has 4 N–H and O–H groups in total. The van der Waals surface area contributed by atoms with Crippen LogP contribution in [-0.4, -0.2) is 62.7 Å². The third kappa shape index (κ3) is 6.24. The molecule has 2 aromatic heterocycles. The Kier molecular flexibility index (Phi) is 7.82. The molecule has 2 atom stereocenters. The van der Waals surface area contributed by atoms with Gasteiger partial charge in [-0.3, -0.25) is 4.79 Å². The second-order valence-corrected chi connectivity index (χ2v) is 11.0. The Bertz CT molecular complexity index is 1400. The lowest BCUT2D eigenvalue weighted by Crippen LogP contribution is -2.41. The highest BCUT2D eigenvalue weighted by atomic mass is 19.4. The molecule has 1 aromatic carbocycles. The van der Waals surface area contributed by atoms with Crippen LogP contribution in [-0.2, 0) is 11.2 Å². The number of nitrogen functional groups attached to an aromatic ring is 1. The molecule has 2 saturated heterocycles. The Balaban J connectivity index is 1.42. The smallest absolute Gasteiger partial charge is 0.429 e. The Morgan fingerprint density at radius 2 is 2.00 bits per heavy atom. The Hall–Kier alpha value is -3.87. The zero-order chi connectivity index (χ0) is 29.4. The second kappa shape index (κ2) is 11.2. The summed E-state index contributed by atoms with van der Waals surface area (Å²) in [5, 5.41) is 16.8. The van der Waals surface area contributed by atoms with E-state index in [-0.39, 0.29) is 28.5 Å². The summed E-state index contributed by atoms with van der Waals surface area (Å²) in [5.41, 5.74) is 7.41. The molecule has 2 aliphatic rings. The average Bonchev–Trinajstić information content (AvgIpc) is 3.53. The third-order valence-electron chi connectivity index (χ3n) is 7.93. The molecule has 41 heavy (non-hydrogen) atoms. The second-order valence-electron chi connectivity index (χ2n) is 11.0. The molecule has 220 valence electrons. The van der Waals surface area contributed by atoms with Gasteiger partial charge in [-0.25, -0.2) is 4.68 Å². The minimum atomic E-state index is -4.77. The highest BCUT2D eigenvalue weighted by Gasteiger charge is 2.46. The van der Waals surface area contributed by atoms with Crippen molar-refractivity contribution in [2.75, 3.05) is 30.3 Å². The first-order chi connectivity index (χ1) is 19.5. The van der Waals surface area contributed by atoms with Crippen molar-refractivity contribution in [3.05, 3.63) is 53.3 Å². The first-order valence-electron chi connectivity index (χ1n) is 13.7. The van der Waals surface area contributed by atoms with Crippen molar-refractivity contribution in [3.63, 3.8) is 0 Å². The van der Waals surface area contributed by atoms with Crippen LogP contribution in [0.1, 0.15) is 55.5 Å². The molecular weight excluding hydrogens is 539 g/mol. The van der Waals surface area contributed by atoms with Crippen molar-refractivity contribution in [1.29, 1.82) is 0 Å². The van der Waals surface area contributed by atoms with E-state index in [9.17, 15) is 23.1 Å². The van der Waals surface area contributed by atoms with Crippen molar-refractivity contribution in [2.45, 2.75) is 64.3 Å². The largest absolute Gasteiger partial charge is 0.480 e. The van der Waals surface area contributed by atoms with Gasteiger partial charge in [-0.2, -0.15) is 28.2 Å². The molecule has 10 nitrogen and oxygen atoms in total. The van der Waals surface area contributed by atoms with E-state index in [1.54, 1.807) is 31.3 Å². The number of nitrogens with zero attached hydrogens (tertiary/aromatic N) is 5. The monoisotopic (exact) mass is 573 g/mol. The zero-order valence-corrected chi connectivity index (χ0v) is 23.0. The molecule has 4 heterocycles. The minimum Gasteiger partial charge on any atom is -0.480 e. The summed E-state index contributed by atoms with van der Waals surface area (Å²) in [7, 11) is 0. The topological polar surface area (TPSA) is 131 Å². The predicted octanol–water partition coefficient (Wildman–Crippen LogP) is 4.22. The maximum Gasteiger partial charge on any atom is 0.429 e. The van der Waals surface area contributed by atoms with Crippen LogP contribution in [0.25, 0.3) is 5.69 Å². The van der Waals surface area contributed by atoms with Crippen molar-refractivity contribution < 1.29 is 27.8 Å². The van der Waals surface area contributed by atoms with Gasteiger partial charge < -0.3 is 25.8 Å². The van der Waals surface area contributed by atoms with E-state index in [0.29, 0.717) is 56.8 Å². The lowest BCUT2D eigenvalue weighted by molar-refractivity contribution is -0.198. The van der Waals surface area contributed by atoms with E-state index in [4.69, 9.17) is 10.5 Å². The fourth-order valence-corrected chi connectivity index (χ4v) is 5.78. The van der Waals surface area contributed by atoms with Gasteiger partial charge in [0, 0.05) is 37.5 Å². The van der Waals surface area contributed by atoms with Crippen LogP contribution in [0.3, 0.4) is 0 Å². The van der Waals surface area contributed by atoms with E-state index in [0.717, 1.165) is 12.0 Å². The standard InChI is InChI=1S/C28H34F3N7O3/c1-3-4-18-5-6-21(38-10-7-17(2)36-38)19(13-18)24(28(29,30)31)41-23-14-22(34-26(32)35-23)37-11-8-27(9-12-37)15-20(25(39)40)33-16-27/h5-7,10,13-14,20,24,33H,3-4,8-9,11-12,15-16H2,1-2H3,(H,39,40)(H2,32,34,35). The van der Waals surface area contributed by atoms with Gasteiger partial charge in [-0.1, -0.05) is 19.4 Å². The molecule has 2 unspecified atom stereocenters. The number of carbonyl (C=O) groups is 1. The van der Waals surface area contributed by atoms with E-state index < -0.39 is 24.3 Å². The molecule has 0 amide bonds. The number of nitrogens with one attached hydrogen (secondary N) is 1. The van der Waals surface area contributed by atoms with Gasteiger partial charge >= 0.3 is 12.1 Å². The molecule has 5 rings (SSSR count). The number of benzene rings is 1. The third-order valence-corrected chi connectivity index (χ3v) is 7.93. The molecular formula is C28H34F3N7O3. The zero-order valence-electron chi connectivity index (χ0n) is 23.0. The van der Waals surface area contributed by atoms with E-state index in [1.165, 1.54) is 16.8 Å². The van der Waals surface area contributed by atoms with Gasteiger partial charge in [0.15, 0.2) is 0 Å². The highest BCUT2D eigenvalue weighted by molar-refractivity contribution is 5.74. The predicted molar refractivity (Wildman–Crippen MR) is 146 cm³/mol. The number of anilines is 2. The molecule has 3 aromatic rings. The maximum atomic E-state index is 14.6. The number of alkyl halides is 3. The van der Waals surface area contributed by atoms with Crippen LogP contribution < -0.4 is 20.7 Å². The van der Waals surface area contributed by atoms with Crippen molar-refractivity contribution in [1.82, 2.24) is 25.1 Å². The molecule has 0 aliphatic carbocycles. The number of hydrogen-bond acceptors (Lipinski definition) is 8. The van der Waals surface area contributed by atoms with E-state index in [1.807, 2.05) is 11.8 Å². The number of aromatic nitrogens is 4. The van der Waals surface area contributed by atoms with Crippen LogP contribution in [0.4, 0.5) is 24.9 Å². The SMILES string of the molecule is CCCc1ccc(-n2ccc(C)n2)c(C(Oc2cc(N3CCC4(CC3)CNC(C(=O)O)C4)nc(N)n2)C(F)(F)F)c1. The summed E-state index contributed by atoms with van der Waals surface area (Å²) in [6.45, 7) is 5.44. The van der Waals surface area contributed by atoms with Crippen molar-refractivity contribution in [2.24, 2.45) is 5.41 Å². The summed E-state index contributed by atoms with van der Waals surface area (Å²) in [5.74, 6) is -0.978. The number of nitrogens with two attached hydrogens (primary N) is 1. The average molecular weight is 574 g/mol. The van der Waals surface area contributed by atoms with E-state index >= 15 is 0 Å². The molecule has 0 radical (unpaired) electrons.